The molecular formula is C21H25N5O2. The zero-order chi connectivity index (χ0) is 20.1. The summed E-state index contributed by atoms with van der Waals surface area (Å²) in [5.74, 6) is 0.575. The normalized spacial score (nSPS) is 12.0. The van der Waals surface area contributed by atoms with Gasteiger partial charge in [-0.25, -0.2) is 0 Å². The van der Waals surface area contributed by atoms with E-state index in [0.717, 1.165) is 22.6 Å². The quantitative estimate of drug-likeness (QED) is 0.682. The summed E-state index contributed by atoms with van der Waals surface area (Å²) in [4.78, 5) is 12.8. The summed E-state index contributed by atoms with van der Waals surface area (Å²) in [5, 5.41) is 14.9. The molecule has 0 bridgehead atoms. The zero-order valence-corrected chi connectivity index (χ0v) is 16.6. The molecule has 1 atom stereocenters. The molecule has 0 saturated heterocycles. The molecule has 1 aromatic heterocycles. The van der Waals surface area contributed by atoms with Crippen LogP contribution < -0.4 is 5.32 Å². The molecule has 0 spiro atoms. The number of carbonyl (C=O) groups excluding carboxylic acids is 1. The smallest absolute Gasteiger partial charge is 0.251 e. The molecule has 0 aliphatic carbocycles. The zero-order valence-electron chi connectivity index (χ0n) is 16.6. The molecule has 0 fully saturated rings. The Hall–Kier alpha value is -3.06. The van der Waals surface area contributed by atoms with Gasteiger partial charge in [-0.15, -0.1) is 5.10 Å². The molecule has 7 heteroatoms. The number of amides is 1. The molecule has 1 amide bonds. The van der Waals surface area contributed by atoms with Crippen LogP contribution in [0.15, 0.2) is 42.5 Å². The van der Waals surface area contributed by atoms with E-state index in [1.54, 1.807) is 11.8 Å². The highest BCUT2D eigenvalue weighted by atomic mass is 16.5. The number of nitrogens with one attached hydrogen (secondary N) is 1. The van der Waals surface area contributed by atoms with Crippen molar-refractivity contribution < 1.29 is 9.53 Å². The predicted octanol–water partition coefficient (Wildman–Crippen LogP) is 2.96. The second kappa shape index (κ2) is 8.75. The lowest BCUT2D eigenvalue weighted by Gasteiger charge is -2.15. The maximum absolute atomic E-state index is 12.8. The molecule has 0 aliphatic rings. The molecule has 1 heterocycles. The fraction of sp³-hybridized carbons (Fsp3) is 0.333. The minimum atomic E-state index is -0.161. The van der Waals surface area contributed by atoms with Crippen LogP contribution in [0.5, 0.6) is 0 Å². The number of carbonyl (C=O) groups is 1. The largest absolute Gasteiger partial charge is 0.383 e. The highest BCUT2D eigenvalue weighted by Crippen LogP contribution is 2.25. The number of methoxy groups -OCH3 is 1. The SMILES string of the molecule is CCc1nnnn1-c1cc(C(=O)NC(C)COC)cc(-c2ccc(C)cc2)c1. The van der Waals surface area contributed by atoms with Gasteiger partial charge in [0.25, 0.3) is 5.91 Å². The maximum Gasteiger partial charge on any atom is 0.251 e. The van der Waals surface area contributed by atoms with Crippen LogP contribution in [-0.4, -0.2) is 45.9 Å². The third kappa shape index (κ3) is 4.43. The average molecular weight is 379 g/mol. The Bertz CT molecular complexity index is 950. The van der Waals surface area contributed by atoms with Gasteiger partial charge in [0, 0.05) is 25.1 Å². The first-order valence-corrected chi connectivity index (χ1v) is 9.31. The van der Waals surface area contributed by atoms with Gasteiger partial charge < -0.3 is 10.1 Å². The molecule has 3 aromatic rings. The highest BCUT2D eigenvalue weighted by Gasteiger charge is 2.15. The Kier molecular flexibility index (Phi) is 6.16. The number of nitrogens with zero attached hydrogens (tertiary/aromatic N) is 4. The van der Waals surface area contributed by atoms with Gasteiger partial charge >= 0.3 is 0 Å². The van der Waals surface area contributed by atoms with Crippen LogP contribution >= 0.6 is 0 Å². The van der Waals surface area contributed by atoms with Gasteiger partial charge in [-0.2, -0.15) is 4.68 Å². The van der Waals surface area contributed by atoms with E-state index < -0.39 is 0 Å². The van der Waals surface area contributed by atoms with Gasteiger partial charge in [-0.05, 0) is 53.6 Å². The maximum atomic E-state index is 12.8. The van der Waals surface area contributed by atoms with Crippen molar-refractivity contribution in [1.29, 1.82) is 0 Å². The van der Waals surface area contributed by atoms with E-state index in [2.05, 4.69) is 33.0 Å². The van der Waals surface area contributed by atoms with Crippen molar-refractivity contribution in [2.24, 2.45) is 0 Å². The predicted molar refractivity (Wildman–Crippen MR) is 108 cm³/mol. The topological polar surface area (TPSA) is 81.9 Å². The molecule has 0 saturated carbocycles. The lowest BCUT2D eigenvalue weighted by molar-refractivity contribution is 0.0905. The number of aromatic nitrogens is 4. The summed E-state index contributed by atoms with van der Waals surface area (Å²) in [7, 11) is 1.61. The third-order valence-corrected chi connectivity index (χ3v) is 4.45. The second-order valence-electron chi connectivity index (χ2n) is 6.82. The number of aryl methyl sites for hydroxylation is 2. The summed E-state index contributed by atoms with van der Waals surface area (Å²) in [6.45, 7) is 6.39. The standard InChI is InChI=1S/C21H25N5O2/c1-5-20-23-24-25-26(20)19-11-17(16-8-6-14(2)7-9-16)10-18(12-19)21(27)22-15(3)13-28-4/h6-12,15H,5,13H2,1-4H3,(H,22,27). The van der Waals surface area contributed by atoms with Crippen LogP contribution in [-0.2, 0) is 11.2 Å². The molecule has 2 aromatic carbocycles. The van der Waals surface area contributed by atoms with Crippen molar-refractivity contribution in [3.8, 4) is 16.8 Å². The summed E-state index contributed by atoms with van der Waals surface area (Å²) in [5.41, 5.74) is 4.44. The summed E-state index contributed by atoms with van der Waals surface area (Å²) in [6, 6.07) is 13.8. The fourth-order valence-corrected chi connectivity index (χ4v) is 3.00. The summed E-state index contributed by atoms with van der Waals surface area (Å²) < 4.78 is 6.79. The van der Waals surface area contributed by atoms with Crippen LogP contribution in [0.1, 0.15) is 35.6 Å². The molecule has 1 N–H and O–H groups in total. The highest BCUT2D eigenvalue weighted by molar-refractivity contribution is 5.96. The van der Waals surface area contributed by atoms with Gasteiger partial charge in [-0.3, -0.25) is 4.79 Å². The molecule has 0 aliphatic heterocycles. The Morgan fingerprint density at radius 1 is 1.18 bits per heavy atom. The Morgan fingerprint density at radius 2 is 1.93 bits per heavy atom. The Labute approximate surface area is 164 Å². The molecule has 0 radical (unpaired) electrons. The minimum absolute atomic E-state index is 0.0942. The summed E-state index contributed by atoms with van der Waals surface area (Å²) in [6.07, 6.45) is 0.689. The third-order valence-electron chi connectivity index (χ3n) is 4.45. The van der Waals surface area contributed by atoms with E-state index >= 15 is 0 Å². The lowest BCUT2D eigenvalue weighted by Crippen LogP contribution is -2.35. The fourth-order valence-electron chi connectivity index (χ4n) is 3.00. The average Bonchev–Trinajstić information content (AvgIpc) is 3.17. The van der Waals surface area contributed by atoms with Crippen molar-refractivity contribution >= 4 is 5.91 Å². The van der Waals surface area contributed by atoms with Gasteiger partial charge in [-0.1, -0.05) is 36.8 Å². The van der Waals surface area contributed by atoms with Gasteiger partial charge in [0.1, 0.15) is 0 Å². The summed E-state index contributed by atoms with van der Waals surface area (Å²) >= 11 is 0. The van der Waals surface area contributed by atoms with Crippen LogP contribution in [0.2, 0.25) is 0 Å². The molecule has 146 valence electrons. The first kappa shape index (κ1) is 19.7. The molecule has 28 heavy (non-hydrogen) atoms. The molecule has 1 unspecified atom stereocenters. The van der Waals surface area contributed by atoms with Crippen molar-refractivity contribution in [3.63, 3.8) is 0 Å². The van der Waals surface area contributed by atoms with E-state index in [4.69, 9.17) is 4.74 Å². The number of rotatable bonds is 7. The van der Waals surface area contributed by atoms with Gasteiger partial charge in [0.2, 0.25) is 0 Å². The molecule has 7 nitrogen and oxygen atoms in total. The molecular weight excluding hydrogens is 354 g/mol. The molecule has 3 rings (SSSR count). The number of ether oxygens (including phenoxy) is 1. The lowest BCUT2D eigenvalue weighted by atomic mass is 10.0. The van der Waals surface area contributed by atoms with E-state index in [-0.39, 0.29) is 11.9 Å². The van der Waals surface area contributed by atoms with Crippen LogP contribution in [0.25, 0.3) is 16.8 Å². The minimum Gasteiger partial charge on any atom is -0.383 e. The Balaban J connectivity index is 2.06. The number of benzene rings is 2. The first-order chi connectivity index (χ1) is 13.5. The van der Waals surface area contributed by atoms with Crippen LogP contribution in [0.3, 0.4) is 0 Å². The van der Waals surface area contributed by atoms with Gasteiger partial charge in [0.15, 0.2) is 5.82 Å². The van der Waals surface area contributed by atoms with Crippen molar-refractivity contribution in [2.45, 2.75) is 33.2 Å². The first-order valence-electron chi connectivity index (χ1n) is 9.31. The van der Waals surface area contributed by atoms with E-state index in [1.165, 1.54) is 5.56 Å². The van der Waals surface area contributed by atoms with E-state index in [0.29, 0.717) is 18.6 Å². The van der Waals surface area contributed by atoms with E-state index in [9.17, 15) is 4.79 Å². The van der Waals surface area contributed by atoms with Crippen molar-refractivity contribution in [1.82, 2.24) is 25.5 Å². The Morgan fingerprint density at radius 3 is 2.61 bits per heavy atom. The van der Waals surface area contributed by atoms with Crippen molar-refractivity contribution in [2.75, 3.05) is 13.7 Å². The number of tetrazole rings is 1. The van der Waals surface area contributed by atoms with Crippen molar-refractivity contribution in [3.05, 3.63) is 59.4 Å². The second-order valence-corrected chi connectivity index (χ2v) is 6.82. The number of hydrogen-bond donors (Lipinski definition) is 1. The number of hydrogen-bond acceptors (Lipinski definition) is 5. The van der Waals surface area contributed by atoms with Crippen LogP contribution in [0, 0.1) is 6.92 Å². The van der Waals surface area contributed by atoms with Crippen LogP contribution in [0.4, 0.5) is 0 Å². The monoisotopic (exact) mass is 379 g/mol. The van der Waals surface area contributed by atoms with E-state index in [1.807, 2.05) is 51.1 Å². The van der Waals surface area contributed by atoms with Gasteiger partial charge in [0.05, 0.1) is 12.3 Å².